The van der Waals surface area contributed by atoms with Crippen LogP contribution in [-0.2, 0) is 0 Å². The van der Waals surface area contributed by atoms with E-state index in [4.69, 9.17) is 0 Å². The number of rotatable bonds is 5. The van der Waals surface area contributed by atoms with Crippen molar-refractivity contribution in [1.82, 2.24) is 14.9 Å². The summed E-state index contributed by atoms with van der Waals surface area (Å²) < 4.78 is 1.95. The third-order valence-corrected chi connectivity index (χ3v) is 4.38. The van der Waals surface area contributed by atoms with Crippen LogP contribution in [0.15, 0.2) is 67.3 Å². The maximum atomic E-state index is 12.4. The molecule has 128 valence electrons. The maximum absolute atomic E-state index is 12.4. The van der Waals surface area contributed by atoms with Gasteiger partial charge in [-0.05, 0) is 48.2 Å². The first-order valence-corrected chi connectivity index (χ1v) is 8.53. The zero-order chi connectivity index (χ0) is 17.8. The number of nitrogens with zero attached hydrogens (tertiary/aromatic N) is 2. The highest BCUT2D eigenvalue weighted by molar-refractivity contribution is 5.94. The first kappa shape index (κ1) is 17.0. The average molecular weight is 333 g/mol. The second kappa shape index (κ2) is 7.34. The molecule has 0 radical (unpaired) electrons. The lowest BCUT2D eigenvalue weighted by Crippen LogP contribution is -2.26. The van der Waals surface area contributed by atoms with E-state index >= 15 is 0 Å². The molecule has 4 nitrogen and oxygen atoms in total. The Balaban J connectivity index is 1.66. The molecule has 0 bridgehead atoms. The molecule has 1 aromatic heterocycles. The summed E-state index contributed by atoms with van der Waals surface area (Å²) in [5, 5.41) is 3.06. The minimum atomic E-state index is -0.0610. The zero-order valence-corrected chi connectivity index (χ0v) is 14.8. The molecule has 2 aromatic carbocycles. The number of benzene rings is 2. The second-order valence-electron chi connectivity index (χ2n) is 6.53. The molecule has 25 heavy (non-hydrogen) atoms. The van der Waals surface area contributed by atoms with Gasteiger partial charge in [-0.3, -0.25) is 4.79 Å². The van der Waals surface area contributed by atoms with Crippen LogP contribution in [0.1, 0.15) is 54.2 Å². The fourth-order valence-electron chi connectivity index (χ4n) is 2.73. The predicted molar refractivity (Wildman–Crippen MR) is 100.0 cm³/mol. The van der Waals surface area contributed by atoms with Gasteiger partial charge in [0, 0.05) is 23.6 Å². The van der Waals surface area contributed by atoms with Crippen molar-refractivity contribution in [3.63, 3.8) is 0 Å². The van der Waals surface area contributed by atoms with E-state index in [9.17, 15) is 4.79 Å². The van der Waals surface area contributed by atoms with E-state index in [-0.39, 0.29) is 11.9 Å². The summed E-state index contributed by atoms with van der Waals surface area (Å²) in [4.78, 5) is 16.5. The van der Waals surface area contributed by atoms with E-state index in [0.29, 0.717) is 11.5 Å². The molecule has 0 spiro atoms. The van der Waals surface area contributed by atoms with Gasteiger partial charge in [-0.1, -0.05) is 38.1 Å². The number of imidazole rings is 1. The highest BCUT2D eigenvalue weighted by Crippen LogP contribution is 2.18. The maximum Gasteiger partial charge on any atom is 0.251 e. The fourth-order valence-corrected chi connectivity index (χ4v) is 2.73. The number of aromatic nitrogens is 2. The van der Waals surface area contributed by atoms with Gasteiger partial charge in [0.25, 0.3) is 5.91 Å². The monoisotopic (exact) mass is 333 g/mol. The molecule has 1 N–H and O–H groups in total. The molecular formula is C21H23N3O. The molecule has 0 aliphatic rings. The molecule has 3 rings (SSSR count). The highest BCUT2D eigenvalue weighted by Gasteiger charge is 2.12. The molecule has 1 heterocycles. The van der Waals surface area contributed by atoms with Gasteiger partial charge in [-0.2, -0.15) is 0 Å². The van der Waals surface area contributed by atoms with E-state index < -0.39 is 0 Å². The van der Waals surface area contributed by atoms with Crippen LogP contribution >= 0.6 is 0 Å². The summed E-state index contributed by atoms with van der Waals surface area (Å²) in [6.07, 6.45) is 5.42. The third-order valence-electron chi connectivity index (χ3n) is 4.38. The SMILES string of the molecule is CC(C)c1ccc(C(=O)NC(C)c2ccc(-n3ccnc3)cc2)cc1. The second-order valence-corrected chi connectivity index (χ2v) is 6.53. The Morgan fingerprint density at radius 1 is 0.960 bits per heavy atom. The Kier molecular flexibility index (Phi) is 4.98. The van der Waals surface area contributed by atoms with Crippen LogP contribution in [0.25, 0.3) is 5.69 Å². The lowest BCUT2D eigenvalue weighted by atomic mass is 10.0. The highest BCUT2D eigenvalue weighted by atomic mass is 16.1. The van der Waals surface area contributed by atoms with E-state index in [0.717, 1.165) is 11.3 Å². The minimum absolute atomic E-state index is 0.0542. The lowest BCUT2D eigenvalue weighted by molar-refractivity contribution is 0.0940. The Morgan fingerprint density at radius 3 is 2.16 bits per heavy atom. The Morgan fingerprint density at radius 2 is 1.60 bits per heavy atom. The van der Waals surface area contributed by atoms with Crippen molar-refractivity contribution < 1.29 is 4.79 Å². The molecule has 0 saturated heterocycles. The quantitative estimate of drug-likeness (QED) is 0.748. The van der Waals surface area contributed by atoms with Gasteiger partial charge >= 0.3 is 0 Å². The number of nitrogens with one attached hydrogen (secondary N) is 1. The number of carbonyl (C=O) groups is 1. The van der Waals surface area contributed by atoms with Gasteiger partial charge in [-0.15, -0.1) is 0 Å². The van der Waals surface area contributed by atoms with Crippen molar-refractivity contribution in [2.75, 3.05) is 0 Å². The van der Waals surface area contributed by atoms with E-state index in [1.54, 1.807) is 12.5 Å². The van der Waals surface area contributed by atoms with E-state index in [1.807, 2.05) is 66.2 Å². The van der Waals surface area contributed by atoms with Crippen LogP contribution < -0.4 is 5.32 Å². The molecule has 3 aromatic rings. The summed E-state index contributed by atoms with van der Waals surface area (Å²) in [7, 11) is 0. The van der Waals surface area contributed by atoms with Crippen LogP contribution in [-0.4, -0.2) is 15.5 Å². The zero-order valence-electron chi connectivity index (χ0n) is 14.8. The third kappa shape index (κ3) is 3.97. The molecule has 1 atom stereocenters. The molecular weight excluding hydrogens is 310 g/mol. The van der Waals surface area contributed by atoms with Crippen LogP contribution in [0.2, 0.25) is 0 Å². The Labute approximate surface area is 148 Å². The molecule has 1 amide bonds. The van der Waals surface area contributed by atoms with Crippen molar-refractivity contribution in [3.8, 4) is 5.69 Å². The summed E-state index contributed by atoms with van der Waals surface area (Å²) in [6.45, 7) is 6.28. The smallest absolute Gasteiger partial charge is 0.251 e. The van der Waals surface area contributed by atoms with Crippen LogP contribution in [0.4, 0.5) is 0 Å². The van der Waals surface area contributed by atoms with Crippen molar-refractivity contribution in [1.29, 1.82) is 0 Å². The van der Waals surface area contributed by atoms with Gasteiger partial charge in [0.2, 0.25) is 0 Å². The van der Waals surface area contributed by atoms with Gasteiger partial charge in [-0.25, -0.2) is 4.98 Å². The molecule has 4 heteroatoms. The van der Waals surface area contributed by atoms with Crippen molar-refractivity contribution in [2.45, 2.75) is 32.7 Å². The van der Waals surface area contributed by atoms with Crippen LogP contribution in [0, 0.1) is 0 Å². The van der Waals surface area contributed by atoms with Gasteiger partial charge < -0.3 is 9.88 Å². The van der Waals surface area contributed by atoms with Crippen molar-refractivity contribution >= 4 is 5.91 Å². The van der Waals surface area contributed by atoms with Gasteiger partial charge in [0.05, 0.1) is 12.4 Å². The lowest BCUT2D eigenvalue weighted by Gasteiger charge is -2.15. The minimum Gasteiger partial charge on any atom is -0.346 e. The van der Waals surface area contributed by atoms with Crippen molar-refractivity contribution in [2.24, 2.45) is 0 Å². The summed E-state index contributed by atoms with van der Waals surface area (Å²) in [5.41, 5.74) is 4.03. The first-order chi connectivity index (χ1) is 12.0. The number of carbonyl (C=O) groups excluding carboxylic acids is 1. The van der Waals surface area contributed by atoms with E-state index in [1.165, 1.54) is 5.56 Å². The number of amides is 1. The van der Waals surface area contributed by atoms with Gasteiger partial charge in [0.15, 0.2) is 0 Å². The van der Waals surface area contributed by atoms with Crippen LogP contribution in [0.3, 0.4) is 0 Å². The molecule has 1 unspecified atom stereocenters. The number of hydrogen-bond acceptors (Lipinski definition) is 2. The Hall–Kier alpha value is -2.88. The largest absolute Gasteiger partial charge is 0.346 e. The molecule has 0 fully saturated rings. The first-order valence-electron chi connectivity index (χ1n) is 8.53. The number of hydrogen-bond donors (Lipinski definition) is 1. The normalized spacial score (nSPS) is 12.2. The average Bonchev–Trinajstić information content (AvgIpc) is 3.16. The standard InChI is InChI=1S/C21H23N3O/c1-15(2)17-4-6-19(7-5-17)21(25)23-16(3)18-8-10-20(11-9-18)24-13-12-22-14-24/h4-16H,1-3H3,(H,23,25). The molecule has 0 aliphatic carbocycles. The van der Waals surface area contributed by atoms with Gasteiger partial charge in [0.1, 0.15) is 0 Å². The Bertz CT molecular complexity index is 819. The predicted octanol–water partition coefficient (Wildman–Crippen LogP) is 4.49. The van der Waals surface area contributed by atoms with Crippen molar-refractivity contribution in [3.05, 3.63) is 83.9 Å². The fraction of sp³-hybridized carbons (Fsp3) is 0.238. The molecule has 0 aliphatic heterocycles. The topological polar surface area (TPSA) is 46.9 Å². The van der Waals surface area contributed by atoms with Crippen LogP contribution in [0.5, 0.6) is 0 Å². The molecule has 0 saturated carbocycles. The van der Waals surface area contributed by atoms with E-state index in [2.05, 4.69) is 24.1 Å². The summed E-state index contributed by atoms with van der Waals surface area (Å²) in [5.74, 6) is 0.409. The summed E-state index contributed by atoms with van der Waals surface area (Å²) >= 11 is 0. The summed E-state index contributed by atoms with van der Waals surface area (Å²) in [6, 6.07) is 15.9.